The molecule has 196 valence electrons. The summed E-state index contributed by atoms with van der Waals surface area (Å²) in [6.45, 7) is 8.22. The van der Waals surface area contributed by atoms with E-state index in [0.29, 0.717) is 17.8 Å². The van der Waals surface area contributed by atoms with Gasteiger partial charge in [0.1, 0.15) is 10.8 Å². The number of aromatic nitrogens is 3. The quantitative estimate of drug-likeness (QED) is 0.229. The normalized spacial score (nSPS) is 18.6. The second kappa shape index (κ2) is 11.7. The third-order valence-corrected chi connectivity index (χ3v) is 7.50. The Labute approximate surface area is 221 Å². The highest BCUT2D eigenvalue weighted by Gasteiger charge is 2.21. The summed E-state index contributed by atoms with van der Waals surface area (Å²) in [6.07, 6.45) is 4.47. The van der Waals surface area contributed by atoms with Crippen molar-refractivity contribution in [2.45, 2.75) is 51.6 Å². The number of aliphatic hydroxyl groups is 2. The number of nitrogens with zero attached hydrogens (tertiary/aromatic N) is 4. The van der Waals surface area contributed by atoms with E-state index in [2.05, 4.69) is 28.8 Å². The monoisotopic (exact) mass is 522 g/mol. The van der Waals surface area contributed by atoms with Crippen LogP contribution in [0.2, 0.25) is 0 Å². The van der Waals surface area contributed by atoms with Crippen LogP contribution in [0.5, 0.6) is 5.75 Å². The van der Waals surface area contributed by atoms with Crippen molar-refractivity contribution in [2.24, 2.45) is 0 Å². The van der Waals surface area contributed by atoms with Crippen molar-refractivity contribution in [3.8, 4) is 27.6 Å². The summed E-state index contributed by atoms with van der Waals surface area (Å²) in [5, 5.41) is 24.1. The predicted molar refractivity (Wildman–Crippen MR) is 145 cm³/mol. The van der Waals surface area contributed by atoms with Crippen molar-refractivity contribution in [1.29, 1.82) is 0 Å². The van der Waals surface area contributed by atoms with E-state index < -0.39 is 6.29 Å². The Balaban J connectivity index is 1.09. The Kier molecular flexibility index (Phi) is 8.17. The summed E-state index contributed by atoms with van der Waals surface area (Å²) in [4.78, 5) is 8.00. The largest absolute Gasteiger partial charge is 0.494 e. The summed E-state index contributed by atoms with van der Waals surface area (Å²) in [7, 11) is 0. The average Bonchev–Trinajstić information content (AvgIpc) is 3.46. The predicted octanol–water partition coefficient (Wildman–Crippen LogP) is 4.77. The van der Waals surface area contributed by atoms with Gasteiger partial charge in [-0.3, -0.25) is 4.90 Å². The zero-order chi connectivity index (χ0) is 25.8. The molecule has 1 fully saturated rings. The first-order valence-electron chi connectivity index (χ1n) is 12.9. The number of hydrogen-bond donors (Lipinski definition) is 2. The van der Waals surface area contributed by atoms with Crippen LogP contribution in [-0.4, -0.2) is 68.2 Å². The molecule has 1 aliphatic rings. The lowest BCUT2D eigenvalue weighted by Gasteiger charge is -2.35. The number of morpholine rings is 1. The third kappa shape index (κ3) is 6.55. The molecule has 1 aliphatic heterocycles. The molecule has 0 bridgehead atoms. The summed E-state index contributed by atoms with van der Waals surface area (Å²) in [6, 6.07) is 15.1. The van der Waals surface area contributed by atoms with Gasteiger partial charge >= 0.3 is 0 Å². The van der Waals surface area contributed by atoms with Crippen molar-refractivity contribution in [2.75, 3.05) is 26.2 Å². The van der Waals surface area contributed by atoms with E-state index >= 15 is 0 Å². The van der Waals surface area contributed by atoms with Crippen molar-refractivity contribution in [3.05, 3.63) is 60.3 Å². The van der Waals surface area contributed by atoms with Crippen LogP contribution in [0.15, 0.2) is 54.7 Å². The Morgan fingerprint density at radius 2 is 1.68 bits per heavy atom. The first-order chi connectivity index (χ1) is 17.9. The molecular formula is C28H34N4O4S. The van der Waals surface area contributed by atoms with Crippen molar-refractivity contribution < 1.29 is 19.7 Å². The fourth-order valence-electron chi connectivity index (χ4n) is 4.75. The van der Waals surface area contributed by atoms with Crippen LogP contribution >= 0.6 is 11.3 Å². The van der Waals surface area contributed by atoms with E-state index in [9.17, 15) is 10.2 Å². The van der Waals surface area contributed by atoms with Crippen LogP contribution in [0, 0.1) is 0 Å². The average molecular weight is 523 g/mol. The second-order valence-corrected chi connectivity index (χ2v) is 10.7. The summed E-state index contributed by atoms with van der Waals surface area (Å²) in [5.74, 6) is 0.875. The zero-order valence-electron chi connectivity index (χ0n) is 21.3. The molecule has 2 aromatic carbocycles. The fourth-order valence-corrected chi connectivity index (χ4v) is 5.63. The molecule has 0 aliphatic carbocycles. The Morgan fingerprint density at radius 3 is 2.35 bits per heavy atom. The molecule has 1 saturated heterocycles. The number of rotatable bonds is 10. The Bertz CT molecular complexity index is 1240. The molecule has 2 aromatic heterocycles. The Morgan fingerprint density at radius 1 is 0.973 bits per heavy atom. The van der Waals surface area contributed by atoms with Gasteiger partial charge in [-0.2, -0.15) is 5.10 Å². The van der Waals surface area contributed by atoms with E-state index in [0.717, 1.165) is 71.6 Å². The van der Waals surface area contributed by atoms with Crippen molar-refractivity contribution >= 4 is 16.3 Å². The second-order valence-electron chi connectivity index (χ2n) is 9.71. The lowest BCUT2D eigenvalue weighted by Crippen LogP contribution is -2.45. The number of benzene rings is 2. The van der Waals surface area contributed by atoms with Crippen LogP contribution in [0.4, 0.5) is 0 Å². The van der Waals surface area contributed by atoms with Crippen LogP contribution in [0.25, 0.3) is 26.8 Å². The Hall–Kier alpha value is -2.82. The molecule has 0 amide bonds. The molecule has 8 nitrogen and oxygen atoms in total. The maximum absolute atomic E-state index is 9.27. The summed E-state index contributed by atoms with van der Waals surface area (Å²) >= 11 is 1.53. The molecule has 5 rings (SSSR count). The van der Waals surface area contributed by atoms with Crippen LogP contribution in [0.1, 0.15) is 45.0 Å². The van der Waals surface area contributed by atoms with E-state index in [-0.39, 0.29) is 0 Å². The van der Waals surface area contributed by atoms with Crippen LogP contribution in [-0.2, 0) is 4.74 Å². The minimum atomic E-state index is -1.47. The van der Waals surface area contributed by atoms with Crippen LogP contribution < -0.4 is 4.74 Å². The first kappa shape index (κ1) is 25.8. The lowest BCUT2D eigenvalue weighted by atomic mass is 10.1. The highest BCUT2D eigenvalue weighted by Crippen LogP contribution is 2.29. The van der Waals surface area contributed by atoms with Gasteiger partial charge in [-0.25, -0.2) is 9.50 Å². The molecule has 0 unspecified atom stereocenters. The minimum Gasteiger partial charge on any atom is -0.494 e. The van der Waals surface area contributed by atoms with Gasteiger partial charge in [0.25, 0.3) is 0 Å². The highest BCUT2D eigenvalue weighted by molar-refractivity contribution is 7.19. The van der Waals surface area contributed by atoms with Gasteiger partial charge in [0.15, 0.2) is 6.29 Å². The lowest BCUT2D eigenvalue weighted by molar-refractivity contribution is -0.0682. The van der Waals surface area contributed by atoms with E-state index in [4.69, 9.17) is 9.47 Å². The maximum atomic E-state index is 9.27. The molecular weight excluding hydrogens is 488 g/mol. The standard InChI is InChI=1S/C28H34N4O4S/c1-19-16-31(17-20(2)36-19)14-4-3-5-15-35-24-12-10-22(11-13-24)26-30-32-18-25(29-28(32)37-26)21-6-8-23(9-7-21)27(33)34/h6-13,18-20,27,33-34H,3-5,14-17H2,1-2H3/t19-,20+. The summed E-state index contributed by atoms with van der Waals surface area (Å²) < 4.78 is 13.5. The molecule has 0 radical (unpaired) electrons. The molecule has 4 aromatic rings. The number of aliphatic hydroxyl groups excluding tert-OH is 1. The maximum Gasteiger partial charge on any atom is 0.213 e. The zero-order valence-corrected chi connectivity index (χ0v) is 22.1. The topological polar surface area (TPSA) is 92.4 Å². The molecule has 0 saturated carbocycles. The minimum absolute atomic E-state index is 0.329. The number of unbranched alkanes of at least 4 members (excludes halogenated alkanes) is 2. The fraction of sp³-hybridized carbons (Fsp3) is 0.429. The van der Waals surface area contributed by atoms with E-state index in [1.165, 1.54) is 17.8 Å². The highest BCUT2D eigenvalue weighted by atomic mass is 32.1. The van der Waals surface area contributed by atoms with Crippen LogP contribution in [0.3, 0.4) is 0 Å². The van der Waals surface area contributed by atoms with Gasteiger partial charge in [0.05, 0.1) is 30.7 Å². The molecule has 9 heteroatoms. The number of hydrogen-bond acceptors (Lipinski definition) is 8. The molecule has 3 heterocycles. The van der Waals surface area contributed by atoms with Gasteiger partial charge in [-0.1, -0.05) is 35.6 Å². The van der Waals surface area contributed by atoms with Gasteiger partial charge in [0, 0.05) is 29.8 Å². The molecule has 2 atom stereocenters. The van der Waals surface area contributed by atoms with Gasteiger partial charge < -0.3 is 19.7 Å². The SMILES string of the molecule is C[C@@H]1CN(CCCCCOc2ccc(-c3nn4cc(-c5ccc(C(O)O)cc5)nc4s3)cc2)C[C@H](C)O1. The number of imidazole rings is 1. The van der Waals surface area contributed by atoms with E-state index in [1.54, 1.807) is 16.6 Å². The third-order valence-electron chi connectivity index (χ3n) is 6.53. The van der Waals surface area contributed by atoms with Gasteiger partial charge in [0.2, 0.25) is 4.96 Å². The molecule has 0 spiro atoms. The number of ether oxygens (including phenoxy) is 2. The molecule has 37 heavy (non-hydrogen) atoms. The van der Waals surface area contributed by atoms with Gasteiger partial charge in [-0.05, 0) is 63.9 Å². The van der Waals surface area contributed by atoms with E-state index in [1.807, 2.05) is 42.6 Å². The van der Waals surface area contributed by atoms with Crippen molar-refractivity contribution in [1.82, 2.24) is 19.5 Å². The van der Waals surface area contributed by atoms with Crippen molar-refractivity contribution in [3.63, 3.8) is 0 Å². The first-order valence-corrected chi connectivity index (χ1v) is 13.7. The summed E-state index contributed by atoms with van der Waals surface area (Å²) in [5.41, 5.74) is 3.17. The smallest absolute Gasteiger partial charge is 0.213 e. The molecule has 2 N–H and O–H groups in total. The van der Waals surface area contributed by atoms with Gasteiger partial charge in [-0.15, -0.1) is 0 Å². The number of fused-ring (bicyclic) bond motifs is 1.